The first-order chi connectivity index (χ1) is 11.2. The maximum absolute atomic E-state index is 12.8. The Morgan fingerprint density at radius 2 is 1.96 bits per heavy atom. The lowest BCUT2D eigenvalue weighted by Crippen LogP contribution is -2.08. The second kappa shape index (κ2) is 6.89. The smallest absolute Gasteiger partial charge is 0.258 e. The number of halogens is 4. The molecular weight excluding hydrogens is 345 g/mol. The number of hydrogen-bond donors (Lipinski definition) is 0. The Balaban J connectivity index is 2.40. The fraction of sp³-hybridized carbons (Fsp3) is 0.188. The number of nitriles is 1. The third kappa shape index (κ3) is 4.03. The molecule has 0 heterocycles. The molecule has 0 aliphatic rings. The molecule has 0 bridgehead atoms. The minimum atomic E-state index is -4.50. The SMILES string of the molecule is N#CC(Cc1cccc(C(F)(F)F)c1)c1cc(Cl)ccc1[N+](=O)[O-]. The summed E-state index contributed by atoms with van der Waals surface area (Å²) in [4.78, 5) is 10.4. The van der Waals surface area contributed by atoms with Crippen LogP contribution in [0, 0.1) is 21.4 Å². The first kappa shape index (κ1) is 17.8. The number of hydrogen-bond acceptors (Lipinski definition) is 3. The summed E-state index contributed by atoms with van der Waals surface area (Å²) in [7, 11) is 0. The van der Waals surface area contributed by atoms with Gasteiger partial charge in [-0.15, -0.1) is 0 Å². The summed E-state index contributed by atoms with van der Waals surface area (Å²) in [6, 6.07) is 10.2. The van der Waals surface area contributed by atoms with E-state index in [0.29, 0.717) is 0 Å². The molecule has 8 heteroatoms. The molecule has 0 aliphatic carbocycles. The Morgan fingerprint density at radius 1 is 1.25 bits per heavy atom. The Labute approximate surface area is 140 Å². The van der Waals surface area contributed by atoms with Crippen molar-refractivity contribution in [2.45, 2.75) is 18.5 Å². The maximum Gasteiger partial charge on any atom is 0.416 e. The van der Waals surface area contributed by atoms with Gasteiger partial charge in [-0.3, -0.25) is 10.1 Å². The van der Waals surface area contributed by atoms with Gasteiger partial charge in [0.15, 0.2) is 0 Å². The first-order valence-corrected chi connectivity index (χ1v) is 7.09. The van der Waals surface area contributed by atoms with Crippen LogP contribution in [0.15, 0.2) is 42.5 Å². The molecule has 0 spiro atoms. The molecule has 4 nitrogen and oxygen atoms in total. The Bertz CT molecular complexity index is 816. The third-order valence-corrected chi connectivity index (χ3v) is 3.65. The van der Waals surface area contributed by atoms with Gasteiger partial charge in [0.05, 0.1) is 22.5 Å². The number of benzene rings is 2. The van der Waals surface area contributed by atoms with Crippen LogP contribution in [0.1, 0.15) is 22.6 Å². The van der Waals surface area contributed by atoms with E-state index in [-0.39, 0.29) is 28.3 Å². The summed E-state index contributed by atoms with van der Waals surface area (Å²) in [5, 5.41) is 20.6. The fourth-order valence-corrected chi connectivity index (χ4v) is 2.49. The van der Waals surface area contributed by atoms with Crippen molar-refractivity contribution < 1.29 is 18.1 Å². The highest BCUT2D eigenvalue weighted by atomic mass is 35.5. The quantitative estimate of drug-likeness (QED) is 0.565. The second-order valence-corrected chi connectivity index (χ2v) is 5.48. The van der Waals surface area contributed by atoms with Gasteiger partial charge in [0.2, 0.25) is 0 Å². The van der Waals surface area contributed by atoms with E-state index < -0.39 is 22.6 Å². The van der Waals surface area contributed by atoms with Crippen LogP contribution in [0.25, 0.3) is 0 Å². The van der Waals surface area contributed by atoms with Gasteiger partial charge in [0, 0.05) is 16.7 Å². The molecule has 1 atom stereocenters. The van der Waals surface area contributed by atoms with Crippen LogP contribution in [-0.2, 0) is 12.6 Å². The fourth-order valence-electron chi connectivity index (χ4n) is 2.31. The molecule has 0 aliphatic heterocycles. The van der Waals surface area contributed by atoms with Crippen LogP contribution < -0.4 is 0 Å². The predicted octanol–water partition coefficient (Wildman–Crippen LogP) is 5.12. The summed E-state index contributed by atoms with van der Waals surface area (Å²) >= 11 is 5.83. The normalized spacial score (nSPS) is 12.5. The molecule has 0 saturated carbocycles. The number of alkyl halides is 3. The van der Waals surface area contributed by atoms with Gasteiger partial charge in [0.25, 0.3) is 5.69 Å². The van der Waals surface area contributed by atoms with Crippen molar-refractivity contribution in [1.82, 2.24) is 0 Å². The summed E-state index contributed by atoms with van der Waals surface area (Å²) in [6.07, 6.45) is -4.60. The molecule has 0 radical (unpaired) electrons. The van der Waals surface area contributed by atoms with E-state index in [2.05, 4.69) is 0 Å². The van der Waals surface area contributed by atoms with Crippen molar-refractivity contribution in [2.75, 3.05) is 0 Å². The van der Waals surface area contributed by atoms with E-state index in [9.17, 15) is 28.5 Å². The minimum Gasteiger partial charge on any atom is -0.258 e. The Kier molecular flexibility index (Phi) is 5.10. The van der Waals surface area contributed by atoms with Gasteiger partial charge in [-0.25, -0.2) is 0 Å². The van der Waals surface area contributed by atoms with Crippen molar-refractivity contribution in [3.05, 3.63) is 74.3 Å². The van der Waals surface area contributed by atoms with Crippen molar-refractivity contribution in [3.63, 3.8) is 0 Å². The second-order valence-electron chi connectivity index (χ2n) is 5.04. The van der Waals surface area contributed by atoms with E-state index in [4.69, 9.17) is 11.6 Å². The van der Waals surface area contributed by atoms with Crippen molar-refractivity contribution in [1.29, 1.82) is 5.26 Å². The Morgan fingerprint density at radius 3 is 2.54 bits per heavy atom. The van der Waals surface area contributed by atoms with E-state index in [1.165, 1.54) is 30.3 Å². The molecule has 0 amide bonds. The molecule has 0 aromatic heterocycles. The first-order valence-electron chi connectivity index (χ1n) is 6.72. The van der Waals surface area contributed by atoms with E-state index >= 15 is 0 Å². The van der Waals surface area contributed by atoms with Crippen LogP contribution >= 0.6 is 11.6 Å². The number of nitro benzene ring substituents is 1. The lowest BCUT2D eigenvalue weighted by atomic mass is 9.91. The van der Waals surface area contributed by atoms with Gasteiger partial charge in [0.1, 0.15) is 0 Å². The highest BCUT2D eigenvalue weighted by Gasteiger charge is 2.31. The van der Waals surface area contributed by atoms with Crippen molar-refractivity contribution >= 4 is 17.3 Å². The molecule has 0 fully saturated rings. The van der Waals surface area contributed by atoms with Crippen molar-refractivity contribution in [2.24, 2.45) is 0 Å². The summed E-state index contributed by atoms with van der Waals surface area (Å²) in [5.74, 6) is -0.993. The molecule has 124 valence electrons. The van der Waals surface area contributed by atoms with Crippen LogP contribution in [0.5, 0.6) is 0 Å². The highest BCUT2D eigenvalue weighted by Crippen LogP contribution is 2.33. The third-order valence-electron chi connectivity index (χ3n) is 3.41. The van der Waals surface area contributed by atoms with E-state index in [1.54, 1.807) is 0 Å². The molecule has 24 heavy (non-hydrogen) atoms. The van der Waals surface area contributed by atoms with Crippen molar-refractivity contribution in [3.8, 4) is 6.07 Å². The number of rotatable bonds is 4. The van der Waals surface area contributed by atoms with Gasteiger partial charge in [-0.05, 0) is 30.2 Å². The van der Waals surface area contributed by atoms with Crippen LogP contribution in [0.3, 0.4) is 0 Å². The molecule has 0 saturated heterocycles. The van der Waals surface area contributed by atoms with Gasteiger partial charge in [-0.2, -0.15) is 18.4 Å². The molecule has 1 unspecified atom stereocenters. The predicted molar refractivity (Wildman–Crippen MR) is 81.6 cm³/mol. The molecule has 0 N–H and O–H groups in total. The van der Waals surface area contributed by atoms with Gasteiger partial charge < -0.3 is 0 Å². The number of nitrogens with zero attached hydrogens (tertiary/aromatic N) is 2. The largest absolute Gasteiger partial charge is 0.416 e. The van der Waals surface area contributed by atoms with Crippen LogP contribution in [0.4, 0.5) is 18.9 Å². The zero-order valence-electron chi connectivity index (χ0n) is 12.0. The Hall–Kier alpha value is -2.59. The lowest BCUT2D eigenvalue weighted by Gasteiger charge is -2.12. The summed E-state index contributed by atoms with van der Waals surface area (Å²) in [5.41, 5.74) is -0.798. The monoisotopic (exact) mass is 354 g/mol. The standard InChI is InChI=1S/C16H10ClF3N2O2/c17-13-4-5-15(22(23)24)14(8-13)11(9-21)6-10-2-1-3-12(7-10)16(18,19)20/h1-5,7-8,11H,6H2. The highest BCUT2D eigenvalue weighted by molar-refractivity contribution is 6.30. The van der Waals surface area contributed by atoms with E-state index in [0.717, 1.165) is 12.1 Å². The van der Waals surface area contributed by atoms with E-state index in [1.807, 2.05) is 6.07 Å². The summed E-state index contributed by atoms with van der Waals surface area (Å²) in [6.45, 7) is 0. The molecular formula is C16H10ClF3N2O2. The average Bonchev–Trinajstić information content (AvgIpc) is 2.51. The number of nitro groups is 1. The zero-order valence-corrected chi connectivity index (χ0v) is 12.8. The maximum atomic E-state index is 12.8. The zero-order chi connectivity index (χ0) is 17.9. The topological polar surface area (TPSA) is 66.9 Å². The molecule has 2 aromatic rings. The van der Waals surface area contributed by atoms with Crippen LogP contribution in [0.2, 0.25) is 5.02 Å². The van der Waals surface area contributed by atoms with Gasteiger partial charge in [-0.1, -0.05) is 29.8 Å². The van der Waals surface area contributed by atoms with Gasteiger partial charge >= 0.3 is 6.18 Å². The minimum absolute atomic E-state index is 0.0763. The molecule has 2 aromatic carbocycles. The molecule has 2 rings (SSSR count). The average molecular weight is 355 g/mol. The summed E-state index contributed by atoms with van der Waals surface area (Å²) < 4.78 is 38.3. The van der Waals surface area contributed by atoms with Crippen LogP contribution in [-0.4, -0.2) is 4.92 Å². The lowest BCUT2D eigenvalue weighted by molar-refractivity contribution is -0.385.